The highest BCUT2D eigenvalue weighted by atomic mass is 16.2. The second-order valence-electron chi connectivity index (χ2n) is 8.57. The van der Waals surface area contributed by atoms with Crippen molar-refractivity contribution in [3.63, 3.8) is 0 Å². The van der Waals surface area contributed by atoms with Crippen molar-refractivity contribution in [1.29, 1.82) is 0 Å². The van der Waals surface area contributed by atoms with E-state index < -0.39 is 17.5 Å². The molecule has 0 aliphatic carbocycles. The number of rotatable bonds is 6. The molecule has 0 bridgehead atoms. The van der Waals surface area contributed by atoms with Crippen LogP contribution in [0.15, 0.2) is 72.8 Å². The third-order valence-electron chi connectivity index (χ3n) is 6.04. The van der Waals surface area contributed by atoms with Crippen LogP contribution in [0.3, 0.4) is 0 Å². The van der Waals surface area contributed by atoms with Gasteiger partial charge in [0.25, 0.3) is 5.91 Å². The van der Waals surface area contributed by atoms with Gasteiger partial charge in [0.15, 0.2) is 0 Å². The van der Waals surface area contributed by atoms with Gasteiger partial charge < -0.3 is 10.2 Å². The normalized spacial score (nSPS) is 18.3. The van der Waals surface area contributed by atoms with Crippen LogP contribution >= 0.6 is 0 Å². The molecule has 1 saturated heterocycles. The Morgan fingerprint density at radius 3 is 2.34 bits per heavy atom. The van der Waals surface area contributed by atoms with Gasteiger partial charge in [-0.2, -0.15) is 0 Å². The maximum absolute atomic E-state index is 13.4. The van der Waals surface area contributed by atoms with Crippen molar-refractivity contribution in [2.75, 3.05) is 6.54 Å². The largest absolute Gasteiger partial charge is 0.334 e. The smallest absolute Gasteiger partial charge is 0.325 e. The van der Waals surface area contributed by atoms with E-state index in [1.807, 2.05) is 86.6 Å². The molecule has 0 aromatic heterocycles. The maximum atomic E-state index is 13.4. The second kappa shape index (κ2) is 8.46. The van der Waals surface area contributed by atoms with E-state index in [9.17, 15) is 14.4 Å². The molecule has 1 atom stereocenters. The van der Waals surface area contributed by atoms with Crippen molar-refractivity contribution in [2.45, 2.75) is 38.9 Å². The van der Waals surface area contributed by atoms with Gasteiger partial charge in [-0.15, -0.1) is 0 Å². The number of hydrogen-bond acceptors (Lipinski definition) is 3. The molecule has 32 heavy (non-hydrogen) atoms. The number of benzene rings is 3. The van der Waals surface area contributed by atoms with Crippen molar-refractivity contribution < 1.29 is 14.4 Å². The molecule has 164 valence electrons. The van der Waals surface area contributed by atoms with Gasteiger partial charge in [-0.3, -0.25) is 14.5 Å². The lowest BCUT2D eigenvalue weighted by molar-refractivity contribution is -0.140. The Kier molecular flexibility index (Phi) is 5.70. The summed E-state index contributed by atoms with van der Waals surface area (Å²) >= 11 is 0. The minimum atomic E-state index is -1.24. The molecule has 0 spiro atoms. The molecule has 0 radical (unpaired) electrons. The third kappa shape index (κ3) is 3.84. The minimum Gasteiger partial charge on any atom is -0.334 e. The molecule has 1 aliphatic rings. The second-order valence-corrected chi connectivity index (χ2v) is 8.57. The standard InChI is InChI=1S/C26H27N3O3/c1-18(2)28(16-19-10-5-4-6-11-19)23(30)17-29-24(31)26(3,27-25(29)32)22-15-9-13-20-12-7-8-14-21(20)22/h4-15,18H,16-17H2,1-3H3,(H,27,32)/t26-/m1/s1. The number of fused-ring (bicyclic) bond motifs is 1. The fourth-order valence-electron chi connectivity index (χ4n) is 4.25. The monoisotopic (exact) mass is 429 g/mol. The van der Waals surface area contributed by atoms with Gasteiger partial charge in [0.05, 0.1) is 0 Å². The summed E-state index contributed by atoms with van der Waals surface area (Å²) in [5, 5.41) is 4.71. The molecular weight excluding hydrogens is 402 g/mol. The van der Waals surface area contributed by atoms with E-state index in [0.717, 1.165) is 21.2 Å². The molecule has 0 unspecified atom stereocenters. The summed E-state index contributed by atoms with van der Waals surface area (Å²) in [7, 11) is 0. The number of nitrogens with zero attached hydrogens (tertiary/aromatic N) is 2. The zero-order chi connectivity index (χ0) is 22.9. The first-order valence-corrected chi connectivity index (χ1v) is 10.8. The Labute approximate surface area is 187 Å². The summed E-state index contributed by atoms with van der Waals surface area (Å²) in [4.78, 5) is 42.1. The highest BCUT2D eigenvalue weighted by Gasteiger charge is 2.50. The van der Waals surface area contributed by atoms with E-state index in [1.54, 1.807) is 11.8 Å². The Morgan fingerprint density at radius 2 is 1.62 bits per heavy atom. The van der Waals surface area contributed by atoms with Gasteiger partial charge in [-0.05, 0) is 42.7 Å². The third-order valence-corrected chi connectivity index (χ3v) is 6.04. The van der Waals surface area contributed by atoms with E-state index >= 15 is 0 Å². The van der Waals surface area contributed by atoms with Crippen LogP contribution in [0.25, 0.3) is 10.8 Å². The van der Waals surface area contributed by atoms with Crippen molar-refractivity contribution in [2.24, 2.45) is 0 Å². The molecule has 3 aromatic rings. The Morgan fingerprint density at radius 1 is 0.969 bits per heavy atom. The van der Waals surface area contributed by atoms with Gasteiger partial charge in [0.2, 0.25) is 5.91 Å². The zero-order valence-electron chi connectivity index (χ0n) is 18.5. The number of urea groups is 1. The van der Waals surface area contributed by atoms with Gasteiger partial charge >= 0.3 is 6.03 Å². The van der Waals surface area contributed by atoms with Crippen LogP contribution in [0.2, 0.25) is 0 Å². The van der Waals surface area contributed by atoms with Crippen LogP contribution in [0, 0.1) is 0 Å². The van der Waals surface area contributed by atoms with Crippen LogP contribution in [0.1, 0.15) is 31.9 Å². The molecule has 4 rings (SSSR count). The number of carbonyl (C=O) groups is 3. The molecule has 1 fully saturated rings. The maximum Gasteiger partial charge on any atom is 0.325 e. The summed E-state index contributed by atoms with van der Waals surface area (Å²) < 4.78 is 0. The lowest BCUT2D eigenvalue weighted by atomic mass is 9.88. The highest BCUT2D eigenvalue weighted by Crippen LogP contribution is 2.33. The fraction of sp³-hybridized carbons (Fsp3) is 0.269. The lowest BCUT2D eigenvalue weighted by Crippen LogP contribution is -2.46. The van der Waals surface area contributed by atoms with Crippen molar-refractivity contribution >= 4 is 28.6 Å². The molecule has 1 heterocycles. The summed E-state index contributed by atoms with van der Waals surface area (Å²) in [6.07, 6.45) is 0. The van der Waals surface area contributed by atoms with Crippen molar-refractivity contribution in [1.82, 2.24) is 15.1 Å². The van der Waals surface area contributed by atoms with E-state index in [-0.39, 0.29) is 18.5 Å². The number of amides is 4. The number of carbonyl (C=O) groups excluding carboxylic acids is 3. The van der Waals surface area contributed by atoms with Crippen molar-refractivity contribution in [3.8, 4) is 0 Å². The van der Waals surface area contributed by atoms with Gasteiger partial charge in [-0.25, -0.2) is 4.79 Å². The van der Waals surface area contributed by atoms with Gasteiger partial charge in [-0.1, -0.05) is 72.8 Å². The molecule has 0 saturated carbocycles. The van der Waals surface area contributed by atoms with Crippen LogP contribution in [-0.2, 0) is 21.7 Å². The minimum absolute atomic E-state index is 0.0760. The first-order valence-electron chi connectivity index (χ1n) is 10.8. The molecule has 1 aliphatic heterocycles. The predicted octanol–water partition coefficient (Wildman–Crippen LogP) is 4.04. The molecule has 3 aromatic carbocycles. The summed E-state index contributed by atoms with van der Waals surface area (Å²) in [5.41, 5.74) is 0.474. The summed E-state index contributed by atoms with van der Waals surface area (Å²) in [5.74, 6) is -0.690. The van der Waals surface area contributed by atoms with Crippen LogP contribution in [0.4, 0.5) is 4.79 Å². The van der Waals surface area contributed by atoms with E-state index in [4.69, 9.17) is 0 Å². The SMILES string of the molecule is CC(C)N(Cc1ccccc1)C(=O)CN1C(=O)N[C@](C)(c2cccc3ccccc23)C1=O. The van der Waals surface area contributed by atoms with Crippen molar-refractivity contribution in [3.05, 3.63) is 83.9 Å². The predicted molar refractivity (Wildman–Crippen MR) is 124 cm³/mol. The summed E-state index contributed by atoms with van der Waals surface area (Å²) in [6.45, 7) is 5.67. The Balaban J connectivity index is 1.59. The fourth-order valence-corrected chi connectivity index (χ4v) is 4.25. The Hall–Kier alpha value is -3.67. The lowest BCUT2D eigenvalue weighted by Gasteiger charge is -2.29. The highest BCUT2D eigenvalue weighted by molar-refractivity contribution is 6.10. The molecular formula is C26H27N3O3. The van der Waals surface area contributed by atoms with E-state index in [0.29, 0.717) is 12.1 Å². The Bertz CT molecular complexity index is 1170. The number of hydrogen-bond donors (Lipinski definition) is 1. The zero-order valence-corrected chi connectivity index (χ0v) is 18.5. The van der Waals surface area contributed by atoms with E-state index in [2.05, 4.69) is 5.32 Å². The number of nitrogens with one attached hydrogen (secondary N) is 1. The molecule has 6 nitrogen and oxygen atoms in total. The van der Waals surface area contributed by atoms with Crippen LogP contribution < -0.4 is 5.32 Å². The quantitative estimate of drug-likeness (QED) is 0.601. The van der Waals surface area contributed by atoms with Crippen LogP contribution in [-0.4, -0.2) is 40.2 Å². The topological polar surface area (TPSA) is 69.7 Å². The average Bonchev–Trinajstić information content (AvgIpc) is 3.01. The molecule has 6 heteroatoms. The molecule has 1 N–H and O–H groups in total. The first-order chi connectivity index (χ1) is 15.3. The van der Waals surface area contributed by atoms with Gasteiger partial charge in [0.1, 0.15) is 12.1 Å². The molecule has 4 amide bonds. The average molecular weight is 430 g/mol. The van der Waals surface area contributed by atoms with E-state index in [1.165, 1.54) is 0 Å². The van der Waals surface area contributed by atoms with Gasteiger partial charge in [0, 0.05) is 12.6 Å². The number of imide groups is 1. The van der Waals surface area contributed by atoms with Crippen LogP contribution in [0.5, 0.6) is 0 Å². The summed E-state index contributed by atoms with van der Waals surface area (Å²) in [6, 6.07) is 22.5. The first kappa shape index (κ1) is 21.6.